The number of rotatable bonds is 0. The van der Waals surface area contributed by atoms with E-state index in [4.69, 9.17) is 5.73 Å². The van der Waals surface area contributed by atoms with Gasteiger partial charge in [0.25, 0.3) is 0 Å². The lowest BCUT2D eigenvalue weighted by atomic mass is 10.1. The zero-order valence-corrected chi connectivity index (χ0v) is 8.91. The van der Waals surface area contributed by atoms with Crippen molar-refractivity contribution in [2.45, 2.75) is 20.8 Å². The van der Waals surface area contributed by atoms with E-state index < -0.39 is 0 Å². The fourth-order valence-corrected chi connectivity index (χ4v) is 1.25. The van der Waals surface area contributed by atoms with Crippen molar-refractivity contribution in [1.82, 2.24) is 4.98 Å². The second-order valence-corrected chi connectivity index (χ2v) is 2.96. The normalized spacial score (nSPS) is 9.36. The maximum atomic E-state index is 5.62. The third-order valence-electron chi connectivity index (χ3n) is 1.84. The molecule has 0 saturated heterocycles. The van der Waals surface area contributed by atoms with E-state index >= 15 is 0 Å². The molecule has 1 aromatic heterocycles. The molecule has 2 N–H and O–H groups in total. The summed E-state index contributed by atoms with van der Waals surface area (Å²) in [6.45, 7) is 6.03. The van der Waals surface area contributed by atoms with Gasteiger partial charge in [-0.25, -0.2) is 0 Å². The van der Waals surface area contributed by atoms with Crippen LogP contribution in [0.3, 0.4) is 0 Å². The number of aromatic nitrogens is 1. The molecule has 2 nitrogen and oxygen atoms in total. The van der Waals surface area contributed by atoms with Gasteiger partial charge in [-0.05, 0) is 30.7 Å². The fraction of sp³-hybridized carbons (Fsp3) is 0.250. The number of benzene rings is 1. The zero-order valence-electron chi connectivity index (χ0n) is 8.91. The van der Waals surface area contributed by atoms with Crippen molar-refractivity contribution in [3.8, 4) is 0 Å². The number of anilines is 1. The van der Waals surface area contributed by atoms with Crippen molar-refractivity contribution in [2.75, 3.05) is 5.73 Å². The number of pyridine rings is 1. The van der Waals surface area contributed by atoms with Crippen LogP contribution in [0.4, 0.5) is 5.69 Å². The first-order valence-corrected chi connectivity index (χ1v) is 4.87. The molecule has 0 saturated carbocycles. The largest absolute Gasteiger partial charge is 0.399 e. The smallest absolute Gasteiger partial charge is 0.0722 e. The molecule has 0 radical (unpaired) electrons. The Bertz CT molecular complexity index is 380. The van der Waals surface area contributed by atoms with Crippen LogP contribution in [0.25, 0.3) is 10.9 Å². The summed E-state index contributed by atoms with van der Waals surface area (Å²) in [7, 11) is 0. The van der Waals surface area contributed by atoms with Gasteiger partial charge in [0.05, 0.1) is 5.52 Å². The summed E-state index contributed by atoms with van der Waals surface area (Å²) in [4.78, 5) is 4.26. The second-order valence-electron chi connectivity index (χ2n) is 2.96. The molecule has 14 heavy (non-hydrogen) atoms. The van der Waals surface area contributed by atoms with E-state index in [2.05, 4.69) is 11.1 Å². The minimum atomic E-state index is 0.763. The van der Waals surface area contributed by atoms with Crippen molar-refractivity contribution in [3.05, 3.63) is 36.0 Å². The van der Waals surface area contributed by atoms with E-state index in [1.54, 1.807) is 0 Å². The van der Waals surface area contributed by atoms with Crippen LogP contribution in [0.5, 0.6) is 0 Å². The summed E-state index contributed by atoms with van der Waals surface area (Å²) >= 11 is 0. The number of fused-ring (bicyclic) bond motifs is 1. The molecule has 2 aromatic rings. The van der Waals surface area contributed by atoms with Crippen LogP contribution >= 0.6 is 0 Å². The first-order chi connectivity index (χ1) is 6.75. The lowest BCUT2D eigenvalue weighted by Crippen LogP contribution is -1.86. The van der Waals surface area contributed by atoms with Gasteiger partial charge in [0.2, 0.25) is 0 Å². The molecule has 0 amide bonds. The summed E-state index contributed by atoms with van der Waals surface area (Å²) < 4.78 is 0. The molecule has 2 heteroatoms. The molecule has 0 unspecified atom stereocenters. The number of nitrogen functional groups attached to an aromatic ring is 1. The van der Waals surface area contributed by atoms with Crippen molar-refractivity contribution in [3.63, 3.8) is 0 Å². The number of aryl methyl sites for hydroxylation is 1. The van der Waals surface area contributed by atoms with Crippen LogP contribution in [0, 0.1) is 6.92 Å². The Morgan fingerprint density at radius 1 is 1.14 bits per heavy atom. The van der Waals surface area contributed by atoms with Crippen molar-refractivity contribution in [1.29, 1.82) is 0 Å². The molecule has 0 atom stereocenters. The zero-order chi connectivity index (χ0) is 10.6. The molecule has 74 valence electrons. The Kier molecular flexibility index (Phi) is 3.46. The van der Waals surface area contributed by atoms with Gasteiger partial charge in [-0.3, -0.25) is 4.98 Å². The molecule has 1 aromatic carbocycles. The van der Waals surface area contributed by atoms with E-state index in [0.29, 0.717) is 0 Å². The fourth-order valence-electron chi connectivity index (χ4n) is 1.25. The minimum Gasteiger partial charge on any atom is -0.399 e. The van der Waals surface area contributed by atoms with Gasteiger partial charge in [-0.15, -0.1) is 0 Å². The summed E-state index contributed by atoms with van der Waals surface area (Å²) in [5.41, 5.74) is 8.52. The highest BCUT2D eigenvalue weighted by Gasteiger charge is 1.94. The highest BCUT2D eigenvalue weighted by Crippen LogP contribution is 2.15. The van der Waals surface area contributed by atoms with E-state index in [9.17, 15) is 0 Å². The summed E-state index contributed by atoms with van der Waals surface area (Å²) in [6.07, 6.45) is 1.85. The van der Waals surface area contributed by atoms with E-state index in [1.807, 2.05) is 45.2 Å². The third-order valence-corrected chi connectivity index (χ3v) is 1.84. The van der Waals surface area contributed by atoms with Gasteiger partial charge in [-0.1, -0.05) is 19.9 Å². The summed E-state index contributed by atoms with van der Waals surface area (Å²) in [6, 6.07) is 7.87. The van der Waals surface area contributed by atoms with E-state index in [0.717, 1.165) is 16.6 Å². The molecule has 0 spiro atoms. The van der Waals surface area contributed by atoms with Gasteiger partial charge in [-0.2, -0.15) is 0 Å². The summed E-state index contributed by atoms with van der Waals surface area (Å²) in [5, 5.41) is 1.14. The predicted molar refractivity (Wildman–Crippen MR) is 62.2 cm³/mol. The molecule has 0 aliphatic rings. The second kappa shape index (κ2) is 4.61. The van der Waals surface area contributed by atoms with Gasteiger partial charge >= 0.3 is 0 Å². The van der Waals surface area contributed by atoms with Crippen molar-refractivity contribution >= 4 is 16.6 Å². The van der Waals surface area contributed by atoms with Crippen LogP contribution in [0.1, 0.15) is 19.4 Å². The lowest BCUT2D eigenvalue weighted by Gasteiger charge is -1.98. The Morgan fingerprint density at radius 3 is 2.57 bits per heavy atom. The molecular weight excluding hydrogens is 172 g/mol. The van der Waals surface area contributed by atoms with Crippen LogP contribution < -0.4 is 5.73 Å². The summed E-state index contributed by atoms with van der Waals surface area (Å²) in [5.74, 6) is 0. The maximum absolute atomic E-state index is 5.62. The molecular formula is C12H16N2. The van der Waals surface area contributed by atoms with Crippen molar-refractivity contribution < 1.29 is 0 Å². The van der Waals surface area contributed by atoms with E-state index in [-0.39, 0.29) is 0 Å². The van der Waals surface area contributed by atoms with Crippen LogP contribution in [-0.4, -0.2) is 4.98 Å². The van der Waals surface area contributed by atoms with Crippen LogP contribution in [-0.2, 0) is 0 Å². The lowest BCUT2D eigenvalue weighted by molar-refractivity contribution is 1.33. The average molecular weight is 188 g/mol. The average Bonchev–Trinajstić information content (AvgIpc) is 2.21. The molecule has 0 aliphatic carbocycles. The Labute approximate surface area is 84.8 Å². The SMILES string of the molecule is CC.Cc1cnc2cc(N)ccc2c1. The predicted octanol–water partition coefficient (Wildman–Crippen LogP) is 3.15. The van der Waals surface area contributed by atoms with Crippen molar-refractivity contribution in [2.24, 2.45) is 0 Å². The molecule has 1 heterocycles. The molecule has 0 fully saturated rings. The number of nitrogens with two attached hydrogens (primary N) is 1. The Hall–Kier alpha value is -1.57. The maximum Gasteiger partial charge on any atom is 0.0722 e. The number of hydrogen-bond donors (Lipinski definition) is 1. The van der Waals surface area contributed by atoms with Gasteiger partial charge < -0.3 is 5.73 Å². The highest BCUT2D eigenvalue weighted by molar-refractivity contribution is 5.81. The number of hydrogen-bond acceptors (Lipinski definition) is 2. The molecule has 2 rings (SSSR count). The Balaban J connectivity index is 0.000000461. The topological polar surface area (TPSA) is 38.9 Å². The van der Waals surface area contributed by atoms with Crippen LogP contribution in [0.15, 0.2) is 30.5 Å². The first-order valence-electron chi connectivity index (χ1n) is 4.87. The monoisotopic (exact) mass is 188 g/mol. The molecule has 0 bridgehead atoms. The number of nitrogens with zero attached hydrogens (tertiary/aromatic N) is 1. The van der Waals surface area contributed by atoms with E-state index in [1.165, 1.54) is 5.56 Å². The highest BCUT2D eigenvalue weighted by atomic mass is 14.7. The Morgan fingerprint density at radius 2 is 1.86 bits per heavy atom. The minimum absolute atomic E-state index is 0.763. The third kappa shape index (κ3) is 2.22. The first kappa shape index (κ1) is 10.5. The van der Waals surface area contributed by atoms with Crippen LogP contribution in [0.2, 0.25) is 0 Å². The van der Waals surface area contributed by atoms with Gasteiger partial charge in [0, 0.05) is 17.3 Å². The van der Waals surface area contributed by atoms with Gasteiger partial charge in [0.15, 0.2) is 0 Å². The molecule has 0 aliphatic heterocycles. The standard InChI is InChI=1S/C10H10N2.C2H6/c1-7-4-8-2-3-9(11)5-10(8)12-6-7;1-2/h2-6H,11H2,1H3;1-2H3. The van der Waals surface area contributed by atoms with Gasteiger partial charge in [0.1, 0.15) is 0 Å². The quantitative estimate of drug-likeness (QED) is 0.645.